The van der Waals surface area contributed by atoms with Crippen molar-refractivity contribution in [3.8, 4) is 34.1 Å². The van der Waals surface area contributed by atoms with Gasteiger partial charge in [0.2, 0.25) is 0 Å². The molecule has 0 atom stereocenters. The lowest BCUT2D eigenvalue weighted by Crippen LogP contribution is -2.06. The molecule has 0 unspecified atom stereocenters. The first-order valence-corrected chi connectivity index (χ1v) is 10.0. The number of hydrogen-bond donors (Lipinski definition) is 0. The van der Waals surface area contributed by atoms with Crippen LogP contribution in [-0.4, -0.2) is 6.61 Å². The molecule has 3 aromatic carbocycles. The highest BCUT2D eigenvalue weighted by Gasteiger charge is 2.18. The summed E-state index contributed by atoms with van der Waals surface area (Å²) in [4.78, 5) is 13.1. The predicted molar refractivity (Wildman–Crippen MR) is 118 cm³/mol. The van der Waals surface area contributed by atoms with Crippen LogP contribution in [0.1, 0.15) is 25.3 Å². The fraction of sp³-hybridized carbons (Fsp3) is 0.154. The Hall–Kier alpha value is -3.84. The molecule has 0 aliphatic carbocycles. The number of hydrogen-bond acceptors (Lipinski definition) is 4. The third-order valence-electron chi connectivity index (χ3n) is 5.01. The van der Waals surface area contributed by atoms with E-state index in [9.17, 15) is 4.79 Å². The number of nitriles is 1. The largest absolute Gasteiger partial charge is 0.493 e. The smallest absolute Gasteiger partial charge is 0.344 e. The molecule has 148 valence electrons. The van der Waals surface area contributed by atoms with E-state index in [-0.39, 0.29) is 0 Å². The molecule has 0 fully saturated rings. The lowest BCUT2D eigenvalue weighted by atomic mass is 9.92. The van der Waals surface area contributed by atoms with Gasteiger partial charge in [-0.3, -0.25) is 0 Å². The molecule has 1 aromatic heterocycles. The van der Waals surface area contributed by atoms with Crippen molar-refractivity contribution in [3.05, 3.63) is 88.8 Å². The van der Waals surface area contributed by atoms with Crippen LogP contribution in [0.4, 0.5) is 0 Å². The third kappa shape index (κ3) is 3.83. The molecule has 0 aliphatic rings. The van der Waals surface area contributed by atoms with Crippen molar-refractivity contribution >= 4 is 11.0 Å². The lowest BCUT2D eigenvalue weighted by molar-refractivity contribution is 0.309. The average Bonchev–Trinajstić information content (AvgIpc) is 2.79. The summed E-state index contributed by atoms with van der Waals surface area (Å²) in [6.07, 6.45) is 2.02. The summed E-state index contributed by atoms with van der Waals surface area (Å²) in [6, 6.07) is 24.5. The number of fused-ring (bicyclic) bond motifs is 1. The summed E-state index contributed by atoms with van der Waals surface area (Å²) in [5.74, 6) is 0.684. The summed E-state index contributed by atoms with van der Waals surface area (Å²) < 4.78 is 11.5. The fourth-order valence-electron chi connectivity index (χ4n) is 3.48. The van der Waals surface area contributed by atoms with Crippen LogP contribution < -0.4 is 10.4 Å². The summed E-state index contributed by atoms with van der Waals surface area (Å²) in [7, 11) is 0. The Morgan fingerprint density at radius 2 is 1.67 bits per heavy atom. The normalized spacial score (nSPS) is 10.7. The molecule has 0 aliphatic heterocycles. The molecule has 30 heavy (non-hydrogen) atoms. The minimum absolute atomic E-state index is 0.420. The van der Waals surface area contributed by atoms with Crippen molar-refractivity contribution in [3.63, 3.8) is 0 Å². The van der Waals surface area contributed by atoms with Gasteiger partial charge in [0.25, 0.3) is 0 Å². The minimum atomic E-state index is -0.420. The van der Waals surface area contributed by atoms with Crippen molar-refractivity contribution in [1.29, 1.82) is 5.26 Å². The molecule has 0 bridgehead atoms. The van der Waals surface area contributed by atoms with Crippen LogP contribution in [0.25, 0.3) is 33.2 Å². The fourth-order valence-corrected chi connectivity index (χ4v) is 3.48. The topological polar surface area (TPSA) is 63.2 Å². The van der Waals surface area contributed by atoms with E-state index in [1.54, 1.807) is 30.3 Å². The van der Waals surface area contributed by atoms with Gasteiger partial charge in [0.1, 0.15) is 11.3 Å². The summed E-state index contributed by atoms with van der Waals surface area (Å²) >= 11 is 0. The predicted octanol–water partition coefficient (Wildman–Crippen LogP) is 6.18. The second kappa shape index (κ2) is 8.67. The summed E-state index contributed by atoms with van der Waals surface area (Å²) in [5.41, 5.74) is 3.55. The molecule has 4 nitrogen and oxygen atoms in total. The van der Waals surface area contributed by atoms with E-state index in [0.29, 0.717) is 34.6 Å². The first-order chi connectivity index (χ1) is 14.7. The molecule has 4 aromatic rings. The highest BCUT2D eigenvalue weighted by molar-refractivity contribution is 6.01. The van der Waals surface area contributed by atoms with Gasteiger partial charge in [-0.2, -0.15) is 5.26 Å². The first kappa shape index (κ1) is 19.5. The Labute approximate surface area is 175 Å². The lowest BCUT2D eigenvalue weighted by Gasteiger charge is -2.13. The van der Waals surface area contributed by atoms with Gasteiger partial charge in [-0.15, -0.1) is 0 Å². The standard InChI is InChI=1S/C26H21NO3/c1-2-3-15-29-21-13-14-22-23(16-21)30-26(28)25(20-11-9-18(17-27)10-12-20)24(22)19-7-5-4-6-8-19/h4-14,16H,2-3,15H2,1H3. The second-order valence-electron chi connectivity index (χ2n) is 7.05. The van der Waals surface area contributed by atoms with Crippen molar-refractivity contribution in [2.24, 2.45) is 0 Å². The second-order valence-corrected chi connectivity index (χ2v) is 7.05. The van der Waals surface area contributed by atoms with Crippen molar-refractivity contribution in [2.75, 3.05) is 6.61 Å². The molecule has 0 saturated carbocycles. The SMILES string of the molecule is CCCCOc1ccc2c(-c3ccccc3)c(-c3ccc(C#N)cc3)c(=O)oc2c1. The molecule has 0 N–H and O–H groups in total. The van der Waals surface area contributed by atoms with Gasteiger partial charge in [-0.1, -0.05) is 55.8 Å². The van der Waals surface area contributed by atoms with E-state index in [4.69, 9.17) is 14.4 Å². The van der Waals surface area contributed by atoms with E-state index in [1.165, 1.54) is 0 Å². The zero-order valence-corrected chi connectivity index (χ0v) is 16.7. The minimum Gasteiger partial charge on any atom is -0.493 e. The Balaban J connectivity index is 1.94. The molecular weight excluding hydrogens is 374 g/mol. The summed E-state index contributed by atoms with van der Waals surface area (Å²) in [5, 5.41) is 9.92. The highest BCUT2D eigenvalue weighted by Crippen LogP contribution is 2.37. The van der Waals surface area contributed by atoms with E-state index >= 15 is 0 Å². The Morgan fingerprint density at radius 1 is 0.933 bits per heavy atom. The van der Waals surface area contributed by atoms with Crippen LogP contribution in [0.2, 0.25) is 0 Å². The van der Waals surface area contributed by atoms with Gasteiger partial charge in [0, 0.05) is 17.0 Å². The van der Waals surface area contributed by atoms with Crippen LogP contribution in [0.15, 0.2) is 82.0 Å². The average molecular weight is 395 g/mol. The molecule has 4 heteroatoms. The van der Waals surface area contributed by atoms with Crippen molar-refractivity contribution in [2.45, 2.75) is 19.8 Å². The molecular formula is C26H21NO3. The maximum atomic E-state index is 13.1. The third-order valence-corrected chi connectivity index (χ3v) is 5.01. The van der Waals surface area contributed by atoms with Crippen LogP contribution in [-0.2, 0) is 0 Å². The molecule has 0 amide bonds. The molecule has 4 rings (SSSR count). The number of unbranched alkanes of at least 4 members (excludes halogenated alkanes) is 1. The van der Waals surface area contributed by atoms with Gasteiger partial charge in [-0.05, 0) is 41.8 Å². The number of benzene rings is 3. The maximum absolute atomic E-state index is 13.1. The van der Waals surface area contributed by atoms with Gasteiger partial charge in [0.05, 0.1) is 23.8 Å². The van der Waals surface area contributed by atoms with E-state index in [2.05, 4.69) is 13.0 Å². The van der Waals surface area contributed by atoms with E-state index in [0.717, 1.165) is 29.4 Å². The van der Waals surface area contributed by atoms with Crippen LogP contribution in [0.3, 0.4) is 0 Å². The number of nitrogens with zero attached hydrogens (tertiary/aromatic N) is 1. The number of rotatable bonds is 6. The van der Waals surface area contributed by atoms with Crippen LogP contribution in [0, 0.1) is 11.3 Å². The van der Waals surface area contributed by atoms with Crippen LogP contribution >= 0.6 is 0 Å². The molecule has 1 heterocycles. The monoisotopic (exact) mass is 395 g/mol. The van der Waals surface area contributed by atoms with Gasteiger partial charge < -0.3 is 9.15 Å². The quantitative estimate of drug-likeness (QED) is 0.289. The van der Waals surface area contributed by atoms with Crippen LogP contribution in [0.5, 0.6) is 5.75 Å². The maximum Gasteiger partial charge on any atom is 0.344 e. The Bertz CT molecular complexity index is 1270. The number of ether oxygens (including phenoxy) is 1. The van der Waals surface area contributed by atoms with Crippen molar-refractivity contribution in [1.82, 2.24) is 0 Å². The van der Waals surface area contributed by atoms with E-state index in [1.807, 2.05) is 42.5 Å². The highest BCUT2D eigenvalue weighted by atomic mass is 16.5. The zero-order chi connectivity index (χ0) is 20.9. The summed E-state index contributed by atoms with van der Waals surface area (Å²) in [6.45, 7) is 2.74. The first-order valence-electron chi connectivity index (χ1n) is 10.0. The Kier molecular flexibility index (Phi) is 5.63. The van der Waals surface area contributed by atoms with Gasteiger partial charge in [-0.25, -0.2) is 4.79 Å². The van der Waals surface area contributed by atoms with E-state index < -0.39 is 5.63 Å². The van der Waals surface area contributed by atoms with Gasteiger partial charge >= 0.3 is 5.63 Å². The molecule has 0 saturated heterocycles. The molecule has 0 spiro atoms. The molecule has 0 radical (unpaired) electrons. The van der Waals surface area contributed by atoms with Crippen molar-refractivity contribution < 1.29 is 9.15 Å². The van der Waals surface area contributed by atoms with Gasteiger partial charge in [0.15, 0.2) is 0 Å². The zero-order valence-electron chi connectivity index (χ0n) is 16.7. The Morgan fingerprint density at radius 3 is 2.37 bits per heavy atom.